The van der Waals surface area contributed by atoms with Crippen LogP contribution >= 0.6 is 0 Å². The van der Waals surface area contributed by atoms with E-state index in [-0.39, 0.29) is 31.3 Å². The van der Waals surface area contributed by atoms with Gasteiger partial charge in [0.25, 0.3) is 0 Å². The molecule has 11 heteroatoms. The number of carbonyl (C=O) groups excluding carboxylic acids is 1. The van der Waals surface area contributed by atoms with Crippen LogP contribution in [-0.2, 0) is 29.4 Å². The van der Waals surface area contributed by atoms with Crippen molar-refractivity contribution in [3.05, 3.63) is 69.9 Å². The minimum atomic E-state index is -4.47. The number of rotatable bonds is 8. The van der Waals surface area contributed by atoms with Crippen LogP contribution in [0.25, 0.3) is 5.69 Å². The van der Waals surface area contributed by atoms with E-state index in [9.17, 15) is 22.8 Å². The second-order valence-corrected chi connectivity index (χ2v) is 7.02. The first-order valence-corrected chi connectivity index (χ1v) is 9.94. The fourth-order valence-corrected chi connectivity index (χ4v) is 2.92. The predicted molar refractivity (Wildman–Crippen MR) is 111 cm³/mol. The average molecular weight is 465 g/mol. The van der Waals surface area contributed by atoms with E-state index in [1.165, 1.54) is 23.7 Å². The molecule has 0 spiro atoms. The number of alkyl halides is 3. The van der Waals surface area contributed by atoms with E-state index in [1.807, 2.05) is 0 Å². The number of halogens is 3. The molecular weight excluding hydrogens is 443 g/mol. The van der Waals surface area contributed by atoms with E-state index in [0.29, 0.717) is 11.5 Å². The summed E-state index contributed by atoms with van der Waals surface area (Å²) in [5.74, 6) is 0.781. The molecule has 3 rings (SSSR count). The predicted octanol–water partition coefficient (Wildman–Crippen LogP) is 3.42. The van der Waals surface area contributed by atoms with Gasteiger partial charge in [-0.3, -0.25) is 4.57 Å². The molecule has 1 aromatic heterocycles. The molecule has 0 radical (unpaired) electrons. The minimum Gasteiger partial charge on any atom is -0.485 e. The van der Waals surface area contributed by atoms with Crippen LogP contribution in [0.4, 0.5) is 13.2 Å². The van der Waals surface area contributed by atoms with Crippen LogP contribution in [0.3, 0.4) is 0 Å². The molecule has 3 aromatic rings. The molecule has 0 N–H and O–H groups in total. The summed E-state index contributed by atoms with van der Waals surface area (Å²) in [6, 6.07) is 9.11. The third-order valence-electron chi connectivity index (χ3n) is 4.68. The number of hydrogen-bond donors (Lipinski definition) is 0. The van der Waals surface area contributed by atoms with E-state index < -0.39 is 23.4 Å². The van der Waals surface area contributed by atoms with Crippen molar-refractivity contribution < 1.29 is 32.2 Å². The van der Waals surface area contributed by atoms with Gasteiger partial charge in [0.1, 0.15) is 18.1 Å². The lowest BCUT2D eigenvalue weighted by atomic mass is 10.2. The van der Waals surface area contributed by atoms with Crippen molar-refractivity contribution in [1.29, 1.82) is 0 Å². The smallest absolute Gasteiger partial charge is 0.416 e. The monoisotopic (exact) mass is 465 g/mol. The van der Waals surface area contributed by atoms with Gasteiger partial charge in [0, 0.05) is 7.05 Å². The van der Waals surface area contributed by atoms with Crippen molar-refractivity contribution in [2.75, 3.05) is 13.2 Å². The van der Waals surface area contributed by atoms with E-state index in [4.69, 9.17) is 14.2 Å². The summed E-state index contributed by atoms with van der Waals surface area (Å²) >= 11 is 0. The highest BCUT2D eigenvalue weighted by atomic mass is 19.4. The fraction of sp³-hybridized carbons (Fsp3) is 0.318. The lowest BCUT2D eigenvalue weighted by Gasteiger charge is -2.11. The zero-order chi connectivity index (χ0) is 24.2. The maximum atomic E-state index is 12.8. The summed E-state index contributed by atoms with van der Waals surface area (Å²) in [6.07, 6.45) is -4.47. The Bertz CT molecular complexity index is 1180. The summed E-state index contributed by atoms with van der Waals surface area (Å²) in [7, 11) is 1.49. The van der Waals surface area contributed by atoms with Crippen LogP contribution in [-0.4, -0.2) is 33.5 Å². The maximum Gasteiger partial charge on any atom is 0.416 e. The second kappa shape index (κ2) is 9.80. The average Bonchev–Trinajstić information content (AvgIpc) is 3.05. The van der Waals surface area contributed by atoms with Gasteiger partial charge in [0.15, 0.2) is 12.4 Å². The summed E-state index contributed by atoms with van der Waals surface area (Å²) in [6.45, 7) is 3.49. The van der Waals surface area contributed by atoms with E-state index in [2.05, 4.69) is 5.10 Å². The Kier molecular flexibility index (Phi) is 7.10. The molecule has 33 heavy (non-hydrogen) atoms. The number of carbonyl (C=O) groups is 1. The molecule has 2 aromatic carbocycles. The van der Waals surface area contributed by atoms with Crippen molar-refractivity contribution in [3.63, 3.8) is 0 Å². The van der Waals surface area contributed by atoms with Gasteiger partial charge in [-0.25, -0.2) is 9.59 Å². The van der Waals surface area contributed by atoms with Gasteiger partial charge >= 0.3 is 17.8 Å². The SMILES string of the molecule is CCOC(=O)COc1ccc(OCc2nn(-c3ccc(C(F)(F)F)cc3)c(=O)n2C)c(C)c1. The molecule has 0 unspecified atom stereocenters. The van der Waals surface area contributed by atoms with Crippen LogP contribution in [0.1, 0.15) is 23.9 Å². The van der Waals surface area contributed by atoms with Crippen molar-refractivity contribution in [1.82, 2.24) is 14.3 Å². The van der Waals surface area contributed by atoms with Gasteiger partial charge < -0.3 is 14.2 Å². The number of esters is 1. The van der Waals surface area contributed by atoms with Gasteiger partial charge in [-0.15, -0.1) is 5.10 Å². The number of aromatic nitrogens is 3. The number of nitrogens with zero attached hydrogens (tertiary/aromatic N) is 3. The minimum absolute atomic E-state index is 0.0523. The third kappa shape index (κ3) is 5.73. The summed E-state index contributed by atoms with van der Waals surface area (Å²) in [4.78, 5) is 23.9. The lowest BCUT2D eigenvalue weighted by Crippen LogP contribution is -2.22. The molecular formula is C22H22F3N3O5. The highest BCUT2D eigenvalue weighted by Crippen LogP contribution is 2.29. The molecule has 0 aliphatic carbocycles. The molecule has 0 aliphatic heterocycles. The van der Waals surface area contributed by atoms with Crippen LogP contribution < -0.4 is 15.2 Å². The standard InChI is InChI=1S/C22H22F3N3O5/c1-4-31-20(29)13-32-17-9-10-18(14(2)11-17)33-12-19-26-28(21(30)27(19)3)16-7-5-15(6-8-16)22(23,24)25/h5-11H,4,12-13H2,1-3H3. The first-order chi connectivity index (χ1) is 15.6. The number of aryl methyl sites for hydroxylation is 1. The fourth-order valence-electron chi connectivity index (χ4n) is 2.92. The van der Waals surface area contributed by atoms with Crippen molar-refractivity contribution in [2.24, 2.45) is 7.05 Å². The summed E-state index contributed by atoms with van der Waals surface area (Å²) < 4.78 is 56.5. The molecule has 0 atom stereocenters. The summed E-state index contributed by atoms with van der Waals surface area (Å²) in [5.41, 5.74) is -0.408. The lowest BCUT2D eigenvalue weighted by molar-refractivity contribution is -0.145. The molecule has 0 fully saturated rings. The molecule has 1 heterocycles. The van der Waals surface area contributed by atoms with Gasteiger partial charge in [0.05, 0.1) is 17.9 Å². The topological polar surface area (TPSA) is 84.6 Å². The number of ether oxygens (including phenoxy) is 3. The van der Waals surface area contributed by atoms with Crippen LogP contribution in [0.5, 0.6) is 11.5 Å². The molecule has 8 nitrogen and oxygen atoms in total. The highest BCUT2D eigenvalue weighted by Gasteiger charge is 2.30. The van der Waals surface area contributed by atoms with E-state index >= 15 is 0 Å². The van der Waals surface area contributed by atoms with Crippen LogP contribution in [0.2, 0.25) is 0 Å². The Morgan fingerprint density at radius 2 is 1.79 bits per heavy atom. The van der Waals surface area contributed by atoms with Gasteiger partial charge in [-0.1, -0.05) is 0 Å². The molecule has 0 aliphatic rings. The van der Waals surface area contributed by atoms with Crippen LogP contribution in [0, 0.1) is 6.92 Å². The number of hydrogen-bond acceptors (Lipinski definition) is 6. The van der Waals surface area contributed by atoms with E-state index in [1.54, 1.807) is 32.0 Å². The molecule has 176 valence electrons. The number of benzene rings is 2. The van der Waals surface area contributed by atoms with Crippen molar-refractivity contribution in [2.45, 2.75) is 26.6 Å². The van der Waals surface area contributed by atoms with E-state index in [0.717, 1.165) is 22.4 Å². The van der Waals surface area contributed by atoms with Crippen molar-refractivity contribution in [3.8, 4) is 17.2 Å². The molecule has 0 bridgehead atoms. The van der Waals surface area contributed by atoms with Gasteiger partial charge in [-0.2, -0.15) is 17.9 Å². The zero-order valence-electron chi connectivity index (χ0n) is 18.2. The van der Waals surface area contributed by atoms with Gasteiger partial charge in [0.2, 0.25) is 0 Å². The largest absolute Gasteiger partial charge is 0.485 e. The maximum absolute atomic E-state index is 12.8. The molecule has 0 amide bonds. The Hall–Kier alpha value is -3.76. The summed E-state index contributed by atoms with van der Waals surface area (Å²) in [5, 5.41) is 4.18. The quantitative estimate of drug-likeness (QED) is 0.474. The Balaban J connectivity index is 1.70. The van der Waals surface area contributed by atoms with Crippen LogP contribution in [0.15, 0.2) is 47.3 Å². The third-order valence-corrected chi connectivity index (χ3v) is 4.68. The van der Waals surface area contributed by atoms with Crippen molar-refractivity contribution >= 4 is 5.97 Å². The normalized spacial score (nSPS) is 11.3. The Morgan fingerprint density at radius 1 is 1.09 bits per heavy atom. The zero-order valence-corrected chi connectivity index (χ0v) is 18.2. The second-order valence-electron chi connectivity index (χ2n) is 7.02. The molecule has 0 saturated carbocycles. The Labute approximate surface area is 187 Å². The molecule has 0 saturated heterocycles. The highest BCUT2D eigenvalue weighted by molar-refractivity contribution is 5.71. The Morgan fingerprint density at radius 3 is 2.39 bits per heavy atom. The first kappa shape index (κ1) is 23.9. The van der Waals surface area contributed by atoms with Gasteiger partial charge in [-0.05, 0) is 61.9 Å². The first-order valence-electron chi connectivity index (χ1n) is 9.94.